The average molecular weight is 448 g/mol. The van der Waals surface area contributed by atoms with Gasteiger partial charge in [-0.25, -0.2) is 21.6 Å². The molecule has 5 nitrogen and oxygen atoms in total. The third-order valence-corrected chi connectivity index (χ3v) is 6.31. The number of halogens is 3. The van der Waals surface area contributed by atoms with Crippen LogP contribution in [-0.2, 0) is 14.6 Å². The molecule has 0 radical (unpaired) electrons. The van der Waals surface area contributed by atoms with Gasteiger partial charge in [-0.1, -0.05) is 6.07 Å². The molecule has 1 fully saturated rings. The van der Waals surface area contributed by atoms with Gasteiger partial charge in [0.2, 0.25) is 0 Å². The summed E-state index contributed by atoms with van der Waals surface area (Å²) >= 11 is 0. The van der Waals surface area contributed by atoms with Crippen molar-refractivity contribution in [2.24, 2.45) is 5.92 Å². The maximum absolute atomic E-state index is 13.4. The fourth-order valence-corrected chi connectivity index (χ4v) is 4.61. The zero-order valence-electron chi connectivity index (χ0n) is 15.2. The Morgan fingerprint density at radius 2 is 1.97 bits per heavy atom. The van der Waals surface area contributed by atoms with Gasteiger partial charge in [-0.05, 0) is 48.7 Å². The predicted molar refractivity (Wildman–Crippen MR) is 107 cm³/mol. The minimum absolute atomic E-state index is 0. The van der Waals surface area contributed by atoms with Crippen LogP contribution in [-0.4, -0.2) is 33.3 Å². The van der Waals surface area contributed by atoms with Crippen molar-refractivity contribution in [3.63, 3.8) is 0 Å². The standard InChI is InChI=1S/C19H18F3NO4S.H2S/c20-17-5-4-14(9-16(17)18(21)22)23-19(24)13-2-1-3-15(8-13)28(25,26)11-12-6-7-27-10-12;/h1-5,8-9,12,18H,6-7,10-11H2,(H,23,24);1H2/t12-;/m0./s1. The second kappa shape index (κ2) is 9.64. The number of carbonyl (C=O) groups is 1. The number of amides is 1. The summed E-state index contributed by atoms with van der Waals surface area (Å²) in [7, 11) is -3.60. The molecule has 1 saturated heterocycles. The Morgan fingerprint density at radius 3 is 2.62 bits per heavy atom. The van der Waals surface area contributed by atoms with Gasteiger partial charge >= 0.3 is 0 Å². The van der Waals surface area contributed by atoms with Crippen LogP contribution < -0.4 is 5.32 Å². The maximum Gasteiger partial charge on any atom is 0.266 e. The van der Waals surface area contributed by atoms with Crippen LogP contribution in [0.1, 0.15) is 28.8 Å². The number of ether oxygens (including phenoxy) is 1. The Balaban J connectivity index is 0.00000300. The summed E-state index contributed by atoms with van der Waals surface area (Å²) in [5.41, 5.74) is -0.794. The van der Waals surface area contributed by atoms with Crippen molar-refractivity contribution in [3.05, 3.63) is 59.4 Å². The minimum Gasteiger partial charge on any atom is -0.381 e. The molecular formula is C19H20F3NO4S2. The molecule has 3 rings (SSSR count). The van der Waals surface area contributed by atoms with Gasteiger partial charge in [-0.3, -0.25) is 4.79 Å². The molecule has 1 atom stereocenters. The minimum atomic E-state index is -3.60. The van der Waals surface area contributed by atoms with Crippen molar-refractivity contribution >= 4 is 34.9 Å². The second-order valence-electron chi connectivity index (χ2n) is 6.53. The van der Waals surface area contributed by atoms with E-state index in [0.717, 1.165) is 18.2 Å². The van der Waals surface area contributed by atoms with Gasteiger partial charge < -0.3 is 10.1 Å². The number of nitrogens with one attached hydrogen (secondary N) is 1. The molecule has 29 heavy (non-hydrogen) atoms. The molecule has 1 aliphatic heterocycles. The van der Waals surface area contributed by atoms with E-state index in [4.69, 9.17) is 4.74 Å². The molecule has 0 aliphatic carbocycles. The Hall–Kier alpha value is -2.04. The summed E-state index contributed by atoms with van der Waals surface area (Å²) in [6, 6.07) is 8.31. The van der Waals surface area contributed by atoms with Crippen molar-refractivity contribution in [1.82, 2.24) is 0 Å². The summed E-state index contributed by atoms with van der Waals surface area (Å²) in [5.74, 6) is -1.92. The van der Waals surface area contributed by atoms with Crippen molar-refractivity contribution in [2.75, 3.05) is 24.3 Å². The molecule has 0 unspecified atom stereocenters. The van der Waals surface area contributed by atoms with Crippen molar-refractivity contribution in [2.45, 2.75) is 17.7 Å². The topological polar surface area (TPSA) is 72.5 Å². The highest BCUT2D eigenvalue weighted by Gasteiger charge is 2.25. The first kappa shape index (κ1) is 23.2. The number of anilines is 1. The lowest BCUT2D eigenvalue weighted by atomic mass is 10.1. The summed E-state index contributed by atoms with van der Waals surface area (Å²) in [4.78, 5) is 12.4. The second-order valence-corrected chi connectivity index (χ2v) is 8.56. The molecule has 0 saturated carbocycles. The summed E-state index contributed by atoms with van der Waals surface area (Å²) in [5, 5.41) is 2.38. The van der Waals surface area contributed by atoms with Crippen LogP contribution in [0.15, 0.2) is 47.4 Å². The number of alkyl halides is 2. The van der Waals surface area contributed by atoms with Gasteiger partial charge in [0.15, 0.2) is 9.84 Å². The number of carbonyl (C=O) groups excluding carboxylic acids is 1. The van der Waals surface area contributed by atoms with E-state index >= 15 is 0 Å². The molecule has 2 aromatic carbocycles. The Bertz CT molecular complexity index is 977. The van der Waals surface area contributed by atoms with Crippen molar-refractivity contribution in [1.29, 1.82) is 0 Å². The van der Waals surface area contributed by atoms with Crippen LogP contribution in [0.25, 0.3) is 0 Å². The number of sulfone groups is 1. The zero-order chi connectivity index (χ0) is 20.3. The Morgan fingerprint density at radius 1 is 1.21 bits per heavy atom. The fourth-order valence-electron chi connectivity index (χ4n) is 2.94. The molecular weight excluding hydrogens is 427 g/mol. The third kappa shape index (κ3) is 5.74. The molecule has 0 bridgehead atoms. The van der Waals surface area contributed by atoms with E-state index in [2.05, 4.69) is 5.32 Å². The highest BCUT2D eigenvalue weighted by atomic mass is 32.2. The molecule has 1 aliphatic rings. The normalized spacial score (nSPS) is 16.5. The van der Waals surface area contributed by atoms with E-state index in [1.54, 1.807) is 0 Å². The molecule has 1 heterocycles. The highest BCUT2D eigenvalue weighted by molar-refractivity contribution is 7.91. The Kier molecular flexibility index (Phi) is 7.73. The van der Waals surface area contributed by atoms with Gasteiger partial charge in [0, 0.05) is 17.9 Å². The van der Waals surface area contributed by atoms with Crippen LogP contribution in [0, 0.1) is 11.7 Å². The van der Waals surface area contributed by atoms with E-state index in [1.165, 1.54) is 24.3 Å². The molecule has 10 heteroatoms. The monoisotopic (exact) mass is 447 g/mol. The molecule has 2 aromatic rings. The molecule has 1 amide bonds. The van der Waals surface area contributed by atoms with Crippen LogP contribution in [0.2, 0.25) is 0 Å². The summed E-state index contributed by atoms with van der Waals surface area (Å²) in [6.45, 7) is 0.914. The van der Waals surface area contributed by atoms with Gasteiger partial charge in [0.05, 0.1) is 22.8 Å². The summed E-state index contributed by atoms with van der Waals surface area (Å²) < 4.78 is 69.3. The van der Waals surface area contributed by atoms with E-state index in [9.17, 15) is 26.4 Å². The van der Waals surface area contributed by atoms with E-state index in [-0.39, 0.29) is 41.3 Å². The molecule has 1 N–H and O–H groups in total. The predicted octanol–water partition coefficient (Wildman–Crippen LogP) is 3.94. The lowest BCUT2D eigenvalue weighted by molar-refractivity contribution is 0.102. The number of hydrogen-bond acceptors (Lipinski definition) is 4. The quantitative estimate of drug-likeness (QED) is 0.728. The van der Waals surface area contributed by atoms with Gasteiger partial charge in [0.25, 0.3) is 12.3 Å². The molecule has 0 aromatic heterocycles. The number of benzene rings is 2. The number of rotatable bonds is 6. The van der Waals surface area contributed by atoms with Crippen molar-refractivity contribution in [3.8, 4) is 0 Å². The van der Waals surface area contributed by atoms with Crippen molar-refractivity contribution < 1.29 is 31.1 Å². The van der Waals surface area contributed by atoms with Crippen LogP contribution in [0.3, 0.4) is 0 Å². The molecule has 158 valence electrons. The smallest absolute Gasteiger partial charge is 0.266 e. The zero-order valence-corrected chi connectivity index (χ0v) is 17.0. The van der Waals surface area contributed by atoms with Gasteiger partial charge in [0.1, 0.15) is 5.82 Å². The number of hydrogen-bond donors (Lipinski definition) is 1. The van der Waals surface area contributed by atoms with Crippen LogP contribution in [0.5, 0.6) is 0 Å². The van der Waals surface area contributed by atoms with Gasteiger partial charge in [-0.15, -0.1) is 0 Å². The van der Waals surface area contributed by atoms with E-state index in [0.29, 0.717) is 19.6 Å². The lowest BCUT2D eigenvalue weighted by Gasteiger charge is -2.11. The van der Waals surface area contributed by atoms with Crippen LogP contribution in [0.4, 0.5) is 18.9 Å². The largest absolute Gasteiger partial charge is 0.381 e. The third-order valence-electron chi connectivity index (χ3n) is 4.42. The SMILES string of the molecule is O=C(Nc1ccc(F)c(C(F)F)c1)c1cccc(S(=O)(=O)C[C@H]2CCOC2)c1.S. The van der Waals surface area contributed by atoms with Gasteiger partial charge in [-0.2, -0.15) is 13.5 Å². The maximum atomic E-state index is 13.4. The fraction of sp³-hybridized carbons (Fsp3) is 0.316. The van der Waals surface area contributed by atoms with Crippen LogP contribution >= 0.6 is 13.5 Å². The first-order chi connectivity index (χ1) is 13.3. The highest BCUT2D eigenvalue weighted by Crippen LogP contribution is 2.26. The average Bonchev–Trinajstić information content (AvgIpc) is 3.15. The first-order valence-corrected chi connectivity index (χ1v) is 10.2. The Labute approximate surface area is 173 Å². The van der Waals surface area contributed by atoms with E-state index in [1.807, 2.05) is 0 Å². The first-order valence-electron chi connectivity index (χ1n) is 8.56. The molecule has 0 spiro atoms. The summed E-state index contributed by atoms with van der Waals surface area (Å²) in [6.07, 6.45) is -2.36. The lowest BCUT2D eigenvalue weighted by Crippen LogP contribution is -2.18. The van der Waals surface area contributed by atoms with E-state index < -0.39 is 33.6 Å².